The fourth-order valence-corrected chi connectivity index (χ4v) is 2.31. The summed E-state index contributed by atoms with van der Waals surface area (Å²) >= 11 is 0. The lowest BCUT2D eigenvalue weighted by Gasteiger charge is -2.14. The number of carbonyl (C=O) groups is 1. The van der Waals surface area contributed by atoms with E-state index in [0.29, 0.717) is 12.5 Å². The molecule has 0 aliphatic carbocycles. The van der Waals surface area contributed by atoms with Gasteiger partial charge in [0.25, 0.3) is 0 Å². The molecule has 0 aromatic carbocycles. The fourth-order valence-electron chi connectivity index (χ4n) is 2.31. The van der Waals surface area contributed by atoms with Crippen molar-refractivity contribution in [1.82, 2.24) is 15.5 Å². The van der Waals surface area contributed by atoms with Gasteiger partial charge in [0, 0.05) is 19.7 Å². The Morgan fingerprint density at radius 1 is 1.50 bits per heavy atom. The molecule has 2 heterocycles. The van der Waals surface area contributed by atoms with Crippen molar-refractivity contribution in [2.75, 3.05) is 39.9 Å². The molecule has 2 saturated heterocycles. The standard InChI is InChI=1S/C11H21N3O2/c1-14-4-2-9(7-14)6-12-11(15)13-10-3-5-16-8-10/h9-10H,2-8H2,1H3,(H2,12,13,15). The maximum atomic E-state index is 11.5. The number of likely N-dealkylation sites (tertiary alicyclic amines) is 1. The summed E-state index contributed by atoms with van der Waals surface area (Å²) in [5.74, 6) is 0.607. The van der Waals surface area contributed by atoms with E-state index < -0.39 is 0 Å². The Balaban J connectivity index is 1.60. The van der Waals surface area contributed by atoms with Gasteiger partial charge in [-0.2, -0.15) is 0 Å². The molecule has 0 saturated carbocycles. The van der Waals surface area contributed by atoms with Crippen LogP contribution < -0.4 is 10.6 Å². The molecule has 92 valence electrons. The van der Waals surface area contributed by atoms with Gasteiger partial charge in [-0.05, 0) is 32.4 Å². The second-order valence-electron chi connectivity index (χ2n) is 4.83. The first kappa shape index (κ1) is 11.7. The molecule has 2 unspecified atom stereocenters. The molecule has 5 heteroatoms. The van der Waals surface area contributed by atoms with Gasteiger partial charge < -0.3 is 20.3 Å². The van der Waals surface area contributed by atoms with Crippen LogP contribution in [0.3, 0.4) is 0 Å². The fraction of sp³-hybridized carbons (Fsp3) is 0.909. The van der Waals surface area contributed by atoms with Gasteiger partial charge in [0.2, 0.25) is 0 Å². The predicted octanol–water partition coefficient (Wildman–Crippen LogP) is 0.0262. The Kier molecular flexibility index (Phi) is 4.01. The minimum Gasteiger partial charge on any atom is -0.379 e. The molecule has 2 N–H and O–H groups in total. The molecule has 0 spiro atoms. The molecule has 0 radical (unpaired) electrons. The zero-order valence-corrected chi connectivity index (χ0v) is 9.87. The monoisotopic (exact) mass is 227 g/mol. The third-order valence-corrected chi connectivity index (χ3v) is 3.31. The number of carbonyl (C=O) groups excluding carboxylic acids is 1. The van der Waals surface area contributed by atoms with E-state index in [0.717, 1.165) is 32.7 Å². The quantitative estimate of drug-likeness (QED) is 0.715. The maximum Gasteiger partial charge on any atom is 0.315 e. The normalized spacial score (nSPS) is 30.6. The van der Waals surface area contributed by atoms with Gasteiger partial charge >= 0.3 is 6.03 Å². The smallest absolute Gasteiger partial charge is 0.315 e. The molecule has 5 nitrogen and oxygen atoms in total. The van der Waals surface area contributed by atoms with Crippen LogP contribution >= 0.6 is 0 Å². The maximum absolute atomic E-state index is 11.5. The lowest BCUT2D eigenvalue weighted by molar-refractivity contribution is 0.188. The van der Waals surface area contributed by atoms with Crippen LogP contribution in [0.25, 0.3) is 0 Å². The van der Waals surface area contributed by atoms with Crippen LogP contribution in [0.1, 0.15) is 12.8 Å². The molecule has 0 bridgehead atoms. The highest BCUT2D eigenvalue weighted by Crippen LogP contribution is 2.12. The number of rotatable bonds is 3. The predicted molar refractivity (Wildman–Crippen MR) is 61.4 cm³/mol. The summed E-state index contributed by atoms with van der Waals surface area (Å²) in [4.78, 5) is 13.8. The second-order valence-corrected chi connectivity index (χ2v) is 4.83. The minimum atomic E-state index is -0.0509. The third-order valence-electron chi connectivity index (χ3n) is 3.31. The molecule has 2 atom stereocenters. The molecular formula is C11H21N3O2. The van der Waals surface area contributed by atoms with E-state index >= 15 is 0 Å². The summed E-state index contributed by atoms with van der Waals surface area (Å²) in [6.45, 7) is 4.43. The summed E-state index contributed by atoms with van der Waals surface area (Å²) in [5.41, 5.74) is 0. The summed E-state index contributed by atoms with van der Waals surface area (Å²) in [5, 5.41) is 5.87. The lowest BCUT2D eigenvalue weighted by Crippen LogP contribution is -2.44. The average molecular weight is 227 g/mol. The van der Waals surface area contributed by atoms with Crippen LogP contribution in [0.15, 0.2) is 0 Å². The van der Waals surface area contributed by atoms with Crippen molar-refractivity contribution >= 4 is 6.03 Å². The van der Waals surface area contributed by atoms with E-state index in [9.17, 15) is 4.79 Å². The molecule has 0 aromatic heterocycles. The second kappa shape index (κ2) is 5.50. The number of amides is 2. The molecule has 2 amide bonds. The SMILES string of the molecule is CN1CCC(CNC(=O)NC2CCOC2)C1. The van der Waals surface area contributed by atoms with Crippen LogP contribution in [0, 0.1) is 5.92 Å². The number of nitrogens with one attached hydrogen (secondary N) is 2. The first-order valence-electron chi connectivity index (χ1n) is 6.04. The zero-order valence-electron chi connectivity index (χ0n) is 9.87. The van der Waals surface area contributed by atoms with Crippen molar-refractivity contribution in [3.63, 3.8) is 0 Å². The molecule has 2 fully saturated rings. The topological polar surface area (TPSA) is 53.6 Å². The molecule has 16 heavy (non-hydrogen) atoms. The molecule has 2 rings (SSSR count). The Labute approximate surface area is 96.5 Å². The third kappa shape index (κ3) is 3.35. The van der Waals surface area contributed by atoms with Crippen LogP contribution in [0.5, 0.6) is 0 Å². The summed E-state index contributed by atoms with van der Waals surface area (Å²) < 4.78 is 5.20. The minimum absolute atomic E-state index is 0.0509. The van der Waals surface area contributed by atoms with E-state index in [1.54, 1.807) is 0 Å². The Bertz CT molecular complexity index is 241. The largest absolute Gasteiger partial charge is 0.379 e. The van der Waals surface area contributed by atoms with Gasteiger partial charge in [0.1, 0.15) is 0 Å². The van der Waals surface area contributed by atoms with E-state index in [4.69, 9.17) is 4.74 Å². The number of nitrogens with zero attached hydrogens (tertiary/aromatic N) is 1. The summed E-state index contributed by atoms with van der Waals surface area (Å²) in [6.07, 6.45) is 2.11. The van der Waals surface area contributed by atoms with E-state index in [2.05, 4.69) is 22.6 Å². The summed E-state index contributed by atoms with van der Waals surface area (Å²) in [6, 6.07) is 0.149. The van der Waals surface area contributed by atoms with Crippen LogP contribution in [0.4, 0.5) is 4.79 Å². The molecule has 2 aliphatic heterocycles. The van der Waals surface area contributed by atoms with Gasteiger partial charge in [-0.1, -0.05) is 0 Å². The van der Waals surface area contributed by atoms with Crippen LogP contribution in [-0.2, 0) is 4.74 Å². The number of urea groups is 1. The van der Waals surface area contributed by atoms with Crippen LogP contribution in [0.2, 0.25) is 0 Å². The molecular weight excluding hydrogens is 206 g/mol. The highest BCUT2D eigenvalue weighted by Gasteiger charge is 2.21. The highest BCUT2D eigenvalue weighted by molar-refractivity contribution is 5.74. The van der Waals surface area contributed by atoms with Crippen molar-refractivity contribution in [3.8, 4) is 0 Å². The first-order chi connectivity index (χ1) is 7.74. The van der Waals surface area contributed by atoms with E-state index in [1.807, 2.05) is 0 Å². The molecule has 0 aromatic rings. The zero-order chi connectivity index (χ0) is 11.4. The van der Waals surface area contributed by atoms with Crippen LogP contribution in [-0.4, -0.2) is 56.9 Å². The van der Waals surface area contributed by atoms with Crippen molar-refractivity contribution < 1.29 is 9.53 Å². The lowest BCUT2D eigenvalue weighted by atomic mass is 10.1. The number of hydrogen-bond donors (Lipinski definition) is 2. The Morgan fingerprint density at radius 2 is 2.38 bits per heavy atom. The van der Waals surface area contributed by atoms with Gasteiger partial charge in [-0.25, -0.2) is 4.79 Å². The average Bonchev–Trinajstić information content (AvgIpc) is 2.87. The number of hydrogen-bond acceptors (Lipinski definition) is 3. The van der Waals surface area contributed by atoms with Crippen molar-refractivity contribution in [3.05, 3.63) is 0 Å². The van der Waals surface area contributed by atoms with Gasteiger partial charge in [-0.3, -0.25) is 0 Å². The van der Waals surface area contributed by atoms with E-state index in [1.165, 1.54) is 6.42 Å². The van der Waals surface area contributed by atoms with Crippen molar-refractivity contribution in [2.45, 2.75) is 18.9 Å². The molecule has 2 aliphatic rings. The number of ether oxygens (including phenoxy) is 1. The summed E-state index contributed by atoms with van der Waals surface area (Å²) in [7, 11) is 2.12. The Morgan fingerprint density at radius 3 is 3.00 bits per heavy atom. The first-order valence-corrected chi connectivity index (χ1v) is 6.04. The van der Waals surface area contributed by atoms with Gasteiger partial charge in [0.05, 0.1) is 12.6 Å². The van der Waals surface area contributed by atoms with Gasteiger partial charge in [-0.15, -0.1) is 0 Å². The Hall–Kier alpha value is -0.810. The van der Waals surface area contributed by atoms with E-state index in [-0.39, 0.29) is 12.1 Å². The van der Waals surface area contributed by atoms with Gasteiger partial charge in [0.15, 0.2) is 0 Å². The van der Waals surface area contributed by atoms with Crippen molar-refractivity contribution in [2.24, 2.45) is 5.92 Å². The highest BCUT2D eigenvalue weighted by atomic mass is 16.5. The van der Waals surface area contributed by atoms with Crippen molar-refractivity contribution in [1.29, 1.82) is 0 Å².